The van der Waals surface area contributed by atoms with E-state index in [9.17, 15) is 0 Å². The van der Waals surface area contributed by atoms with Crippen LogP contribution in [-0.4, -0.2) is 19.3 Å². The van der Waals surface area contributed by atoms with E-state index in [0.29, 0.717) is 5.92 Å². The molecule has 5 nitrogen and oxygen atoms in total. The molecule has 9 rings (SSSR count). The summed E-state index contributed by atoms with van der Waals surface area (Å²) in [7, 11) is 0. The third-order valence-electron chi connectivity index (χ3n) is 10.9. The van der Waals surface area contributed by atoms with Crippen LogP contribution in [0.1, 0.15) is 63.9 Å². The summed E-state index contributed by atoms with van der Waals surface area (Å²) in [5.41, 5.74) is 13.0. The first-order valence-corrected chi connectivity index (χ1v) is 18.6. The second-order valence-corrected chi connectivity index (χ2v) is 14.4. The van der Waals surface area contributed by atoms with Crippen LogP contribution in [0.5, 0.6) is 11.5 Å². The number of aryl methyl sites for hydroxylation is 3. The van der Waals surface area contributed by atoms with E-state index in [1.807, 2.05) is 12.3 Å². The standard InChI is InChI=1S/C48H42N4O/c1-31-24-25-49-46(28-31)51-44-21-12-11-18-42(44)43-23-22-38(30-45(43)51)53-39-27-32(2)26-37(29-39)52-34(4)47(33(3)50-52)48-40(35-14-7-5-8-15-35)19-13-20-41(48)36-16-9-6-10-17-36/h5-12,14-19,21-30,41,48H,13,20H2,1-4H3/t41-,48-/m1/s1. The predicted molar refractivity (Wildman–Crippen MR) is 217 cm³/mol. The molecule has 5 aromatic carbocycles. The van der Waals surface area contributed by atoms with Crippen LogP contribution in [0.4, 0.5) is 0 Å². The molecule has 0 bridgehead atoms. The fraction of sp³-hybridized carbons (Fsp3) is 0.167. The zero-order valence-corrected chi connectivity index (χ0v) is 30.6. The van der Waals surface area contributed by atoms with Crippen molar-refractivity contribution in [3.05, 3.63) is 185 Å². The third-order valence-corrected chi connectivity index (χ3v) is 10.9. The van der Waals surface area contributed by atoms with Crippen molar-refractivity contribution in [1.29, 1.82) is 0 Å². The van der Waals surface area contributed by atoms with Gasteiger partial charge >= 0.3 is 0 Å². The second kappa shape index (κ2) is 13.4. The highest BCUT2D eigenvalue weighted by Crippen LogP contribution is 2.50. The fourth-order valence-corrected chi connectivity index (χ4v) is 8.58. The molecular formula is C48H42N4O. The number of rotatable bonds is 7. The average molecular weight is 691 g/mol. The van der Waals surface area contributed by atoms with Crippen LogP contribution in [0.3, 0.4) is 0 Å². The monoisotopic (exact) mass is 690 g/mol. The minimum Gasteiger partial charge on any atom is -0.457 e. The summed E-state index contributed by atoms with van der Waals surface area (Å²) in [5.74, 6) is 2.97. The Kier molecular flexibility index (Phi) is 8.27. The lowest BCUT2D eigenvalue weighted by atomic mass is 9.69. The van der Waals surface area contributed by atoms with Crippen LogP contribution in [0.15, 0.2) is 146 Å². The van der Waals surface area contributed by atoms with Gasteiger partial charge in [-0.1, -0.05) is 84.9 Å². The van der Waals surface area contributed by atoms with Gasteiger partial charge in [0.2, 0.25) is 0 Å². The van der Waals surface area contributed by atoms with Gasteiger partial charge in [-0.3, -0.25) is 4.57 Å². The summed E-state index contributed by atoms with van der Waals surface area (Å²) in [4.78, 5) is 4.76. The van der Waals surface area contributed by atoms with Gasteiger partial charge in [0.05, 0.1) is 22.4 Å². The molecule has 0 N–H and O–H groups in total. The molecule has 5 heteroatoms. The first-order valence-electron chi connectivity index (χ1n) is 18.6. The van der Waals surface area contributed by atoms with Gasteiger partial charge in [0.1, 0.15) is 17.3 Å². The number of allylic oxidation sites excluding steroid dienone is 2. The van der Waals surface area contributed by atoms with Gasteiger partial charge in [0, 0.05) is 46.3 Å². The molecular weight excluding hydrogens is 649 g/mol. The highest BCUT2D eigenvalue weighted by molar-refractivity contribution is 6.09. The molecule has 53 heavy (non-hydrogen) atoms. The van der Waals surface area contributed by atoms with E-state index in [1.165, 1.54) is 33.2 Å². The van der Waals surface area contributed by atoms with Crippen molar-refractivity contribution in [2.24, 2.45) is 0 Å². The molecule has 0 spiro atoms. The van der Waals surface area contributed by atoms with Crippen LogP contribution < -0.4 is 4.74 Å². The summed E-state index contributed by atoms with van der Waals surface area (Å²) < 4.78 is 11.1. The maximum Gasteiger partial charge on any atom is 0.137 e. The van der Waals surface area contributed by atoms with Gasteiger partial charge < -0.3 is 4.74 Å². The topological polar surface area (TPSA) is 44.9 Å². The molecule has 1 aliphatic carbocycles. The molecule has 0 radical (unpaired) electrons. The van der Waals surface area contributed by atoms with Gasteiger partial charge in [0.15, 0.2) is 0 Å². The first kappa shape index (κ1) is 32.7. The molecule has 1 aliphatic rings. The number of para-hydroxylation sites is 1. The van der Waals surface area contributed by atoms with E-state index in [1.54, 1.807) is 0 Å². The molecule has 0 unspecified atom stereocenters. The number of benzene rings is 5. The molecule has 0 fully saturated rings. The number of hydrogen-bond donors (Lipinski definition) is 0. The zero-order chi connectivity index (χ0) is 36.1. The highest BCUT2D eigenvalue weighted by Gasteiger charge is 2.35. The molecule has 8 aromatic rings. The summed E-state index contributed by atoms with van der Waals surface area (Å²) >= 11 is 0. The van der Waals surface area contributed by atoms with Gasteiger partial charge in [-0.25, -0.2) is 9.67 Å². The van der Waals surface area contributed by atoms with Crippen molar-refractivity contribution in [3.63, 3.8) is 0 Å². The Morgan fingerprint density at radius 3 is 2.23 bits per heavy atom. The lowest BCUT2D eigenvalue weighted by molar-refractivity contribution is 0.482. The van der Waals surface area contributed by atoms with Gasteiger partial charge in [-0.2, -0.15) is 5.10 Å². The van der Waals surface area contributed by atoms with Crippen LogP contribution >= 0.6 is 0 Å². The average Bonchev–Trinajstić information content (AvgIpc) is 3.67. The quantitative estimate of drug-likeness (QED) is 0.167. The third kappa shape index (κ3) is 5.92. The minimum atomic E-state index is 0.184. The number of fused-ring (bicyclic) bond motifs is 3. The van der Waals surface area contributed by atoms with Gasteiger partial charge in [-0.15, -0.1) is 0 Å². The van der Waals surface area contributed by atoms with Crippen molar-refractivity contribution in [2.75, 3.05) is 0 Å². The molecule has 3 aromatic heterocycles. The van der Waals surface area contributed by atoms with Crippen LogP contribution in [0.25, 0.3) is 38.9 Å². The van der Waals surface area contributed by atoms with Crippen molar-refractivity contribution in [3.8, 4) is 23.0 Å². The predicted octanol–water partition coefficient (Wildman–Crippen LogP) is 12.1. The van der Waals surface area contributed by atoms with E-state index < -0.39 is 0 Å². The van der Waals surface area contributed by atoms with Crippen LogP contribution in [-0.2, 0) is 0 Å². The molecule has 3 heterocycles. The first-order chi connectivity index (χ1) is 25.9. The van der Waals surface area contributed by atoms with Crippen molar-refractivity contribution >= 4 is 27.4 Å². The van der Waals surface area contributed by atoms with Gasteiger partial charge in [0.25, 0.3) is 0 Å². The number of pyridine rings is 1. The maximum absolute atomic E-state index is 6.70. The summed E-state index contributed by atoms with van der Waals surface area (Å²) in [6.07, 6.45) is 6.48. The fourth-order valence-electron chi connectivity index (χ4n) is 8.58. The Bertz CT molecular complexity index is 2650. The molecule has 0 amide bonds. The summed E-state index contributed by atoms with van der Waals surface area (Å²) in [6, 6.07) is 47.3. The lowest BCUT2D eigenvalue weighted by Gasteiger charge is -2.34. The number of hydrogen-bond acceptors (Lipinski definition) is 3. The Labute approximate surface area is 310 Å². The molecule has 260 valence electrons. The van der Waals surface area contributed by atoms with E-state index in [2.05, 4.69) is 170 Å². The Balaban J connectivity index is 1.12. The molecule has 0 saturated carbocycles. The number of ether oxygens (including phenoxy) is 1. The van der Waals surface area contributed by atoms with Crippen molar-refractivity contribution < 1.29 is 4.74 Å². The minimum absolute atomic E-state index is 0.184. The Morgan fingerprint density at radius 1 is 0.660 bits per heavy atom. The maximum atomic E-state index is 6.70. The SMILES string of the molecule is Cc1cc(Oc2ccc3c4ccccc4n(-c4cc(C)ccn4)c3c2)cc(-n2nc(C)c([C@@H]3C(c4ccccc4)=CCC[C@@H]3c3ccccc3)c2C)c1. The molecule has 0 aliphatic heterocycles. The summed E-state index contributed by atoms with van der Waals surface area (Å²) in [5, 5.41) is 7.59. The summed E-state index contributed by atoms with van der Waals surface area (Å²) in [6.45, 7) is 8.62. The van der Waals surface area contributed by atoms with E-state index >= 15 is 0 Å². The smallest absolute Gasteiger partial charge is 0.137 e. The van der Waals surface area contributed by atoms with Crippen molar-refractivity contribution in [2.45, 2.75) is 52.4 Å². The molecule has 2 atom stereocenters. The van der Waals surface area contributed by atoms with Crippen LogP contribution in [0.2, 0.25) is 0 Å². The largest absolute Gasteiger partial charge is 0.457 e. The Hall–Kier alpha value is -6.20. The second-order valence-electron chi connectivity index (χ2n) is 14.4. The molecule has 0 saturated heterocycles. The number of aromatic nitrogens is 4. The van der Waals surface area contributed by atoms with E-state index in [0.717, 1.165) is 69.2 Å². The van der Waals surface area contributed by atoms with E-state index in [-0.39, 0.29) is 5.92 Å². The zero-order valence-electron chi connectivity index (χ0n) is 30.6. The Morgan fingerprint density at radius 2 is 1.42 bits per heavy atom. The van der Waals surface area contributed by atoms with Crippen LogP contribution in [0, 0.1) is 27.7 Å². The van der Waals surface area contributed by atoms with E-state index in [4.69, 9.17) is 14.8 Å². The normalized spacial score (nSPS) is 15.9. The van der Waals surface area contributed by atoms with Gasteiger partial charge in [-0.05, 0) is 117 Å². The highest BCUT2D eigenvalue weighted by atomic mass is 16.5. The lowest BCUT2D eigenvalue weighted by Crippen LogP contribution is -2.18. The van der Waals surface area contributed by atoms with Crippen molar-refractivity contribution in [1.82, 2.24) is 19.3 Å². The number of nitrogens with zero attached hydrogens (tertiary/aromatic N) is 4.